The first-order chi connectivity index (χ1) is 7.85. The molecule has 0 aliphatic rings. The highest BCUT2D eigenvalue weighted by Crippen LogP contribution is 2.26. The molecular formula is C12H20N4S. The van der Waals surface area contributed by atoms with Crippen molar-refractivity contribution in [3.8, 4) is 0 Å². The van der Waals surface area contributed by atoms with Gasteiger partial charge in [-0.25, -0.2) is 0 Å². The number of nitrogens with one attached hydrogen (secondary N) is 1. The van der Waals surface area contributed by atoms with E-state index < -0.39 is 0 Å². The van der Waals surface area contributed by atoms with Crippen molar-refractivity contribution in [2.45, 2.75) is 40.7 Å². The summed E-state index contributed by atoms with van der Waals surface area (Å²) in [6.45, 7) is 9.65. The van der Waals surface area contributed by atoms with Crippen molar-refractivity contribution in [3.63, 3.8) is 0 Å². The van der Waals surface area contributed by atoms with Crippen LogP contribution in [0.15, 0.2) is 0 Å². The largest absolute Gasteiger partial charge is 0.328 e. The summed E-state index contributed by atoms with van der Waals surface area (Å²) in [5, 5.41) is 4.43. The summed E-state index contributed by atoms with van der Waals surface area (Å²) in [7, 11) is 1.97. The molecule has 0 aliphatic carbocycles. The molecule has 0 fully saturated rings. The van der Waals surface area contributed by atoms with Gasteiger partial charge in [-0.15, -0.1) is 0 Å². The van der Waals surface area contributed by atoms with E-state index in [9.17, 15) is 0 Å². The summed E-state index contributed by atoms with van der Waals surface area (Å²) in [6.07, 6.45) is 1.12. The van der Waals surface area contributed by atoms with E-state index in [-0.39, 0.29) is 5.41 Å². The molecule has 2 rings (SSSR count). The van der Waals surface area contributed by atoms with Gasteiger partial charge in [-0.1, -0.05) is 20.8 Å². The normalized spacial score (nSPS) is 12.5. The SMILES string of the molecule is CCC(C)(C)Cn1c(=S)[nH]c2c(C)nn(C)c21. The molecule has 0 saturated carbocycles. The van der Waals surface area contributed by atoms with Crippen LogP contribution in [0.5, 0.6) is 0 Å². The van der Waals surface area contributed by atoms with Gasteiger partial charge in [0.25, 0.3) is 0 Å². The minimum atomic E-state index is 0.242. The first-order valence-corrected chi connectivity index (χ1v) is 6.38. The first-order valence-electron chi connectivity index (χ1n) is 5.98. The Morgan fingerprint density at radius 3 is 2.65 bits per heavy atom. The third kappa shape index (κ3) is 2.04. The van der Waals surface area contributed by atoms with E-state index >= 15 is 0 Å². The van der Waals surface area contributed by atoms with Crippen LogP contribution in [0.3, 0.4) is 0 Å². The molecule has 1 N–H and O–H groups in total. The highest BCUT2D eigenvalue weighted by molar-refractivity contribution is 7.71. The lowest BCUT2D eigenvalue weighted by Crippen LogP contribution is -2.19. The molecule has 2 aromatic heterocycles. The Morgan fingerprint density at radius 1 is 1.41 bits per heavy atom. The maximum atomic E-state index is 5.41. The van der Waals surface area contributed by atoms with Crippen molar-refractivity contribution in [3.05, 3.63) is 10.5 Å². The van der Waals surface area contributed by atoms with Gasteiger partial charge in [0.2, 0.25) is 0 Å². The van der Waals surface area contributed by atoms with Crippen LogP contribution >= 0.6 is 12.2 Å². The van der Waals surface area contributed by atoms with Crippen molar-refractivity contribution in [1.82, 2.24) is 19.3 Å². The number of imidazole rings is 1. The van der Waals surface area contributed by atoms with E-state index in [1.807, 2.05) is 18.7 Å². The van der Waals surface area contributed by atoms with Gasteiger partial charge in [0, 0.05) is 13.6 Å². The smallest absolute Gasteiger partial charge is 0.179 e. The van der Waals surface area contributed by atoms with Gasteiger partial charge in [0.1, 0.15) is 5.52 Å². The van der Waals surface area contributed by atoms with Crippen molar-refractivity contribution in [2.24, 2.45) is 12.5 Å². The molecular weight excluding hydrogens is 232 g/mol. The van der Waals surface area contributed by atoms with Crippen LogP contribution in [0, 0.1) is 17.1 Å². The van der Waals surface area contributed by atoms with E-state index in [0.717, 1.165) is 34.6 Å². The topological polar surface area (TPSA) is 38.5 Å². The van der Waals surface area contributed by atoms with Crippen molar-refractivity contribution in [1.29, 1.82) is 0 Å². The predicted molar refractivity (Wildman–Crippen MR) is 72.7 cm³/mol. The number of H-pyrrole nitrogens is 1. The van der Waals surface area contributed by atoms with Crippen LogP contribution in [0.1, 0.15) is 32.9 Å². The second-order valence-electron chi connectivity index (χ2n) is 5.44. The molecule has 2 aromatic rings. The molecule has 2 heterocycles. The van der Waals surface area contributed by atoms with Crippen molar-refractivity contribution in [2.75, 3.05) is 0 Å². The molecule has 0 aliphatic heterocycles. The molecule has 4 nitrogen and oxygen atoms in total. The molecule has 5 heteroatoms. The van der Waals surface area contributed by atoms with Gasteiger partial charge in [0.15, 0.2) is 10.4 Å². The molecule has 0 atom stereocenters. The summed E-state index contributed by atoms with van der Waals surface area (Å²) < 4.78 is 4.86. The highest BCUT2D eigenvalue weighted by atomic mass is 32.1. The average Bonchev–Trinajstić information content (AvgIpc) is 2.68. The van der Waals surface area contributed by atoms with Crippen LogP contribution in [-0.2, 0) is 13.6 Å². The summed E-state index contributed by atoms with van der Waals surface area (Å²) >= 11 is 5.41. The molecule has 0 bridgehead atoms. The Morgan fingerprint density at radius 2 is 2.06 bits per heavy atom. The fourth-order valence-corrected chi connectivity index (χ4v) is 2.31. The monoisotopic (exact) mass is 252 g/mol. The second kappa shape index (κ2) is 3.98. The second-order valence-corrected chi connectivity index (χ2v) is 5.83. The van der Waals surface area contributed by atoms with Crippen LogP contribution in [-0.4, -0.2) is 19.3 Å². The number of rotatable bonds is 3. The van der Waals surface area contributed by atoms with Gasteiger partial charge in [-0.3, -0.25) is 4.68 Å². The van der Waals surface area contributed by atoms with Crippen molar-refractivity contribution >= 4 is 23.4 Å². The lowest BCUT2D eigenvalue weighted by Gasteiger charge is -2.23. The maximum Gasteiger partial charge on any atom is 0.179 e. The molecule has 0 spiro atoms. The van der Waals surface area contributed by atoms with Crippen LogP contribution in [0.25, 0.3) is 11.2 Å². The lowest BCUT2D eigenvalue weighted by atomic mass is 9.90. The minimum Gasteiger partial charge on any atom is -0.328 e. The molecule has 17 heavy (non-hydrogen) atoms. The van der Waals surface area contributed by atoms with Gasteiger partial charge < -0.3 is 9.55 Å². The molecule has 0 amide bonds. The fourth-order valence-electron chi connectivity index (χ4n) is 2.06. The summed E-state index contributed by atoms with van der Waals surface area (Å²) in [5.74, 6) is 0. The van der Waals surface area contributed by atoms with Gasteiger partial charge in [0.05, 0.1) is 5.69 Å². The third-order valence-corrected chi connectivity index (χ3v) is 3.79. The van der Waals surface area contributed by atoms with Gasteiger partial charge >= 0.3 is 0 Å². The fraction of sp³-hybridized carbons (Fsp3) is 0.667. The average molecular weight is 252 g/mol. The number of hydrogen-bond donors (Lipinski definition) is 1. The zero-order valence-electron chi connectivity index (χ0n) is 11.2. The van der Waals surface area contributed by atoms with E-state index in [1.165, 1.54) is 0 Å². The Kier molecular flexibility index (Phi) is 2.89. The number of fused-ring (bicyclic) bond motifs is 1. The highest BCUT2D eigenvalue weighted by Gasteiger charge is 2.20. The van der Waals surface area contributed by atoms with Crippen LogP contribution in [0.4, 0.5) is 0 Å². The number of hydrogen-bond acceptors (Lipinski definition) is 2. The summed E-state index contributed by atoms with van der Waals surface area (Å²) in [5.41, 5.74) is 3.39. The van der Waals surface area contributed by atoms with E-state index in [0.29, 0.717) is 0 Å². The Bertz CT molecular complexity index is 600. The Hall–Kier alpha value is -1.10. The molecule has 0 saturated heterocycles. The lowest BCUT2D eigenvalue weighted by molar-refractivity contribution is 0.295. The standard InChI is InChI=1S/C12H20N4S/c1-6-12(3,4)7-16-10-9(13-11(16)17)8(2)14-15(10)5/h6-7H2,1-5H3,(H,13,17). The number of aromatic amines is 1. The molecule has 0 radical (unpaired) electrons. The van der Waals surface area contributed by atoms with Crippen LogP contribution in [0.2, 0.25) is 0 Å². The Balaban J connectivity index is 2.61. The maximum absolute atomic E-state index is 5.41. The first kappa shape index (κ1) is 12.4. The van der Waals surface area contributed by atoms with Crippen molar-refractivity contribution < 1.29 is 0 Å². The number of aromatic nitrogens is 4. The summed E-state index contributed by atoms with van der Waals surface area (Å²) in [6, 6.07) is 0. The zero-order valence-corrected chi connectivity index (χ0v) is 12.0. The van der Waals surface area contributed by atoms with Crippen LogP contribution < -0.4 is 0 Å². The minimum absolute atomic E-state index is 0.242. The zero-order chi connectivity index (χ0) is 12.8. The van der Waals surface area contributed by atoms with Gasteiger partial charge in [-0.2, -0.15) is 5.10 Å². The van der Waals surface area contributed by atoms with Gasteiger partial charge in [-0.05, 0) is 31.0 Å². The Labute approximate surface area is 107 Å². The molecule has 94 valence electrons. The quantitative estimate of drug-likeness (QED) is 0.852. The van der Waals surface area contributed by atoms with E-state index in [1.54, 1.807) is 0 Å². The number of aryl methyl sites for hydroxylation is 2. The molecule has 0 unspecified atom stereocenters. The number of nitrogens with zero attached hydrogens (tertiary/aromatic N) is 3. The van der Waals surface area contributed by atoms with E-state index in [4.69, 9.17) is 12.2 Å². The molecule has 0 aromatic carbocycles. The van der Waals surface area contributed by atoms with E-state index in [2.05, 4.69) is 35.4 Å². The third-order valence-electron chi connectivity index (χ3n) is 3.47. The summed E-state index contributed by atoms with van der Waals surface area (Å²) in [4.78, 5) is 3.26. The predicted octanol–water partition coefficient (Wildman–Crippen LogP) is 3.18.